The fourth-order valence-electron chi connectivity index (χ4n) is 4.33. The molecule has 1 saturated carbocycles. The van der Waals surface area contributed by atoms with E-state index in [-0.39, 0.29) is 29.9 Å². The fourth-order valence-corrected chi connectivity index (χ4v) is 4.33. The average molecular weight is 397 g/mol. The molecule has 8 heteroatoms. The lowest BCUT2D eigenvalue weighted by Gasteiger charge is -2.54. The van der Waals surface area contributed by atoms with E-state index in [1.807, 2.05) is 0 Å². The highest BCUT2D eigenvalue weighted by Gasteiger charge is 2.59. The molecule has 0 bridgehead atoms. The summed E-state index contributed by atoms with van der Waals surface area (Å²) in [5.74, 6) is 1.44. The Bertz CT molecular complexity index is 712. The second kappa shape index (κ2) is 8.51. The molecule has 3 atom stereocenters. The number of nitrogens with zero attached hydrogens (tertiary/aromatic N) is 1. The zero-order chi connectivity index (χ0) is 20.3. The second-order valence-corrected chi connectivity index (χ2v) is 7.67. The van der Waals surface area contributed by atoms with Crippen LogP contribution in [-0.4, -0.2) is 45.0 Å². The monoisotopic (exact) mass is 397 g/mol. The summed E-state index contributed by atoms with van der Waals surface area (Å²) in [4.78, 5) is 4.29. The smallest absolute Gasteiger partial charge is 0.387 e. The van der Waals surface area contributed by atoms with Crippen molar-refractivity contribution in [2.75, 3.05) is 20.3 Å². The number of hydrogen-bond acceptors (Lipinski definition) is 4. The van der Waals surface area contributed by atoms with Crippen LogP contribution in [0.2, 0.25) is 0 Å². The molecule has 0 radical (unpaired) electrons. The molecule has 3 rings (SSSR count). The van der Waals surface area contributed by atoms with Gasteiger partial charge in [0, 0.05) is 43.1 Å². The standard InChI is InChI=1S/C20H29F2N3O3/c1-5-26-14-8-6-7-12(15(14)28-18(21)22)11-24-19(23-4)25-16-13-9-10-27-17(13)20(16,2)3/h6-8,13,16-18H,5,9-11H2,1-4H3,(H2,23,24,25). The highest BCUT2D eigenvalue weighted by Crippen LogP contribution is 2.52. The first-order valence-electron chi connectivity index (χ1n) is 9.66. The van der Waals surface area contributed by atoms with Crippen LogP contribution in [0.25, 0.3) is 0 Å². The number of nitrogens with one attached hydrogen (secondary N) is 2. The third-order valence-electron chi connectivity index (χ3n) is 5.63. The molecule has 0 spiro atoms. The molecule has 1 aromatic carbocycles. The molecule has 1 aliphatic carbocycles. The SMILES string of the molecule is CCOc1cccc(CNC(=NC)NC2C3CCOC3C2(C)C)c1OC(F)F. The number of rotatable bonds is 7. The summed E-state index contributed by atoms with van der Waals surface area (Å²) in [5.41, 5.74) is 0.585. The number of para-hydroxylation sites is 1. The molecule has 0 amide bonds. The molecule has 28 heavy (non-hydrogen) atoms. The van der Waals surface area contributed by atoms with Crippen LogP contribution in [-0.2, 0) is 11.3 Å². The van der Waals surface area contributed by atoms with Crippen LogP contribution >= 0.6 is 0 Å². The van der Waals surface area contributed by atoms with Crippen LogP contribution in [0.15, 0.2) is 23.2 Å². The number of aliphatic imine (C=N–C) groups is 1. The Morgan fingerprint density at radius 2 is 2.18 bits per heavy atom. The number of ether oxygens (including phenoxy) is 3. The maximum absolute atomic E-state index is 12.9. The molecule has 0 aromatic heterocycles. The second-order valence-electron chi connectivity index (χ2n) is 7.67. The zero-order valence-corrected chi connectivity index (χ0v) is 16.8. The summed E-state index contributed by atoms with van der Waals surface area (Å²) in [7, 11) is 1.69. The normalized spacial score (nSPS) is 25.8. The first-order chi connectivity index (χ1) is 13.4. The van der Waals surface area contributed by atoms with E-state index in [0.717, 1.165) is 13.0 Å². The van der Waals surface area contributed by atoms with Crippen LogP contribution < -0.4 is 20.1 Å². The summed E-state index contributed by atoms with van der Waals surface area (Å²) < 4.78 is 41.7. The van der Waals surface area contributed by atoms with Crippen molar-refractivity contribution in [1.29, 1.82) is 0 Å². The predicted octanol–water partition coefficient (Wildman–Crippen LogP) is 3.17. The van der Waals surface area contributed by atoms with E-state index in [2.05, 4.69) is 29.5 Å². The van der Waals surface area contributed by atoms with Crippen LogP contribution in [0.1, 0.15) is 32.8 Å². The quantitative estimate of drug-likeness (QED) is 0.547. The number of guanidine groups is 1. The lowest BCUT2D eigenvalue weighted by molar-refractivity contribution is -0.106. The summed E-state index contributed by atoms with van der Waals surface area (Å²) >= 11 is 0. The minimum atomic E-state index is -2.92. The predicted molar refractivity (Wildman–Crippen MR) is 103 cm³/mol. The Balaban J connectivity index is 1.68. The molecular weight excluding hydrogens is 368 g/mol. The van der Waals surface area contributed by atoms with Gasteiger partial charge < -0.3 is 24.8 Å². The number of hydrogen-bond donors (Lipinski definition) is 2. The Morgan fingerprint density at radius 3 is 2.86 bits per heavy atom. The molecule has 1 saturated heterocycles. The molecular formula is C20H29F2N3O3. The van der Waals surface area contributed by atoms with Gasteiger partial charge >= 0.3 is 6.61 Å². The van der Waals surface area contributed by atoms with Crippen molar-refractivity contribution < 1.29 is 23.0 Å². The van der Waals surface area contributed by atoms with Gasteiger partial charge in [-0.2, -0.15) is 8.78 Å². The number of benzene rings is 1. The van der Waals surface area contributed by atoms with E-state index in [0.29, 0.717) is 29.8 Å². The van der Waals surface area contributed by atoms with Gasteiger partial charge in [-0.15, -0.1) is 0 Å². The fraction of sp³-hybridized carbons (Fsp3) is 0.650. The van der Waals surface area contributed by atoms with Crippen molar-refractivity contribution in [1.82, 2.24) is 10.6 Å². The van der Waals surface area contributed by atoms with Crippen molar-refractivity contribution in [3.8, 4) is 11.5 Å². The van der Waals surface area contributed by atoms with E-state index in [1.54, 1.807) is 32.2 Å². The minimum absolute atomic E-state index is 0.0115. The highest BCUT2D eigenvalue weighted by molar-refractivity contribution is 5.80. The van der Waals surface area contributed by atoms with Crippen molar-refractivity contribution in [2.45, 2.75) is 52.5 Å². The third-order valence-corrected chi connectivity index (χ3v) is 5.63. The summed E-state index contributed by atoms with van der Waals surface area (Å²) in [6, 6.07) is 5.35. The van der Waals surface area contributed by atoms with Crippen molar-refractivity contribution in [2.24, 2.45) is 16.3 Å². The topological polar surface area (TPSA) is 64.1 Å². The molecule has 1 heterocycles. The summed E-state index contributed by atoms with van der Waals surface area (Å²) in [5, 5.41) is 6.68. The van der Waals surface area contributed by atoms with E-state index < -0.39 is 6.61 Å². The zero-order valence-electron chi connectivity index (χ0n) is 16.8. The van der Waals surface area contributed by atoms with Gasteiger partial charge in [-0.3, -0.25) is 4.99 Å². The first kappa shape index (κ1) is 20.6. The van der Waals surface area contributed by atoms with Gasteiger partial charge in [0.15, 0.2) is 17.5 Å². The summed E-state index contributed by atoms with van der Waals surface area (Å²) in [6.45, 7) is 4.68. The number of fused-ring (bicyclic) bond motifs is 1. The molecule has 3 unspecified atom stereocenters. The van der Waals surface area contributed by atoms with Gasteiger partial charge in [-0.25, -0.2) is 0 Å². The van der Waals surface area contributed by atoms with E-state index in [1.165, 1.54) is 0 Å². The number of halogens is 2. The van der Waals surface area contributed by atoms with Crippen molar-refractivity contribution in [3.63, 3.8) is 0 Å². The van der Waals surface area contributed by atoms with Gasteiger partial charge in [0.1, 0.15) is 0 Å². The Kier molecular flexibility index (Phi) is 6.27. The molecule has 156 valence electrons. The maximum atomic E-state index is 12.9. The largest absolute Gasteiger partial charge is 0.490 e. The molecule has 2 N–H and O–H groups in total. The highest BCUT2D eigenvalue weighted by atomic mass is 19.3. The molecule has 1 aromatic rings. The van der Waals surface area contributed by atoms with Crippen molar-refractivity contribution >= 4 is 5.96 Å². The average Bonchev–Trinajstić information content (AvgIpc) is 3.11. The van der Waals surface area contributed by atoms with Crippen LogP contribution in [0.5, 0.6) is 11.5 Å². The lowest BCUT2D eigenvalue weighted by Crippen LogP contribution is -2.67. The molecule has 2 aliphatic rings. The van der Waals surface area contributed by atoms with E-state index in [9.17, 15) is 8.78 Å². The van der Waals surface area contributed by atoms with Gasteiger partial charge in [-0.05, 0) is 19.4 Å². The van der Waals surface area contributed by atoms with Gasteiger partial charge in [-0.1, -0.05) is 26.0 Å². The van der Waals surface area contributed by atoms with E-state index >= 15 is 0 Å². The van der Waals surface area contributed by atoms with E-state index in [4.69, 9.17) is 14.2 Å². The third kappa shape index (κ3) is 4.01. The Labute approximate surface area is 164 Å². The van der Waals surface area contributed by atoms with Crippen LogP contribution in [0.4, 0.5) is 8.78 Å². The molecule has 2 fully saturated rings. The maximum Gasteiger partial charge on any atom is 0.387 e. The lowest BCUT2D eigenvalue weighted by atomic mass is 9.57. The molecule has 6 nitrogen and oxygen atoms in total. The Morgan fingerprint density at radius 1 is 1.39 bits per heavy atom. The Hall–Kier alpha value is -2.09. The van der Waals surface area contributed by atoms with Crippen LogP contribution in [0, 0.1) is 11.3 Å². The van der Waals surface area contributed by atoms with Gasteiger partial charge in [0.2, 0.25) is 0 Å². The molecule has 1 aliphatic heterocycles. The summed E-state index contributed by atoms with van der Waals surface area (Å²) in [6.07, 6.45) is 1.31. The van der Waals surface area contributed by atoms with Gasteiger partial charge in [0.05, 0.1) is 12.7 Å². The van der Waals surface area contributed by atoms with Crippen LogP contribution in [0.3, 0.4) is 0 Å². The minimum Gasteiger partial charge on any atom is -0.490 e. The van der Waals surface area contributed by atoms with Crippen molar-refractivity contribution in [3.05, 3.63) is 23.8 Å². The number of alkyl halides is 2. The van der Waals surface area contributed by atoms with Gasteiger partial charge in [0.25, 0.3) is 0 Å². The first-order valence-corrected chi connectivity index (χ1v) is 9.66.